The van der Waals surface area contributed by atoms with Crippen LogP contribution in [0.5, 0.6) is 0 Å². The topological polar surface area (TPSA) is 30.5 Å². The summed E-state index contributed by atoms with van der Waals surface area (Å²) in [5.41, 5.74) is -0.111. The molecule has 1 saturated heterocycles. The summed E-state index contributed by atoms with van der Waals surface area (Å²) in [7, 11) is 0. The predicted octanol–water partition coefficient (Wildman–Crippen LogP) is 3.76. The van der Waals surface area contributed by atoms with Crippen molar-refractivity contribution in [3.63, 3.8) is 0 Å². The highest BCUT2D eigenvalue weighted by molar-refractivity contribution is 5.04. The van der Waals surface area contributed by atoms with Crippen LogP contribution in [-0.4, -0.2) is 36.5 Å². The first kappa shape index (κ1) is 17.2. The van der Waals surface area contributed by atoms with Crippen molar-refractivity contribution in [1.82, 2.24) is 5.32 Å². The maximum absolute atomic E-state index is 6.34. The quantitative estimate of drug-likeness (QED) is 0.740. The minimum Gasteiger partial charge on any atom is -0.377 e. The van der Waals surface area contributed by atoms with Crippen molar-refractivity contribution in [3.8, 4) is 0 Å². The molecule has 1 saturated carbocycles. The lowest BCUT2D eigenvalue weighted by molar-refractivity contribution is -0.0875. The third-order valence-electron chi connectivity index (χ3n) is 5.01. The largest absolute Gasteiger partial charge is 0.377 e. The van der Waals surface area contributed by atoms with Crippen LogP contribution in [0.2, 0.25) is 0 Å². The van der Waals surface area contributed by atoms with Gasteiger partial charge in [-0.05, 0) is 72.8 Å². The fraction of sp³-hybridized carbons (Fsp3) is 1.00. The van der Waals surface area contributed by atoms with Crippen LogP contribution in [0, 0.1) is 11.8 Å². The van der Waals surface area contributed by atoms with Gasteiger partial charge in [-0.25, -0.2) is 0 Å². The summed E-state index contributed by atoms with van der Waals surface area (Å²) in [6, 6.07) is 0.411. The second-order valence-electron chi connectivity index (χ2n) is 8.01. The molecular formula is C18H35NO2. The second kappa shape index (κ2) is 6.55. The first-order valence-electron chi connectivity index (χ1n) is 8.86. The number of rotatable bonds is 8. The third-order valence-corrected chi connectivity index (χ3v) is 5.01. The molecule has 0 aromatic carbocycles. The summed E-state index contributed by atoms with van der Waals surface area (Å²) in [6.07, 6.45) is 5.27. The highest BCUT2D eigenvalue weighted by Crippen LogP contribution is 2.47. The summed E-state index contributed by atoms with van der Waals surface area (Å²) in [4.78, 5) is 0. The van der Waals surface area contributed by atoms with Crippen molar-refractivity contribution in [2.24, 2.45) is 11.8 Å². The van der Waals surface area contributed by atoms with Crippen LogP contribution < -0.4 is 5.32 Å². The molecule has 0 bridgehead atoms. The zero-order valence-corrected chi connectivity index (χ0v) is 14.9. The Morgan fingerprint density at radius 2 is 1.86 bits per heavy atom. The van der Waals surface area contributed by atoms with Crippen LogP contribution in [0.25, 0.3) is 0 Å². The molecule has 0 amide bonds. The van der Waals surface area contributed by atoms with E-state index in [1.54, 1.807) is 0 Å². The summed E-state index contributed by atoms with van der Waals surface area (Å²) < 4.78 is 12.5. The van der Waals surface area contributed by atoms with Gasteiger partial charge in [-0.15, -0.1) is 0 Å². The zero-order chi connectivity index (χ0) is 15.7. The van der Waals surface area contributed by atoms with E-state index < -0.39 is 0 Å². The fourth-order valence-corrected chi connectivity index (χ4v) is 4.11. The Balaban J connectivity index is 2.17. The van der Waals surface area contributed by atoms with Gasteiger partial charge in [0.05, 0.1) is 17.3 Å². The molecule has 21 heavy (non-hydrogen) atoms. The van der Waals surface area contributed by atoms with Crippen molar-refractivity contribution >= 4 is 0 Å². The molecule has 0 radical (unpaired) electrons. The fourth-order valence-electron chi connectivity index (χ4n) is 4.11. The van der Waals surface area contributed by atoms with Crippen LogP contribution in [0.15, 0.2) is 0 Å². The Morgan fingerprint density at radius 1 is 1.19 bits per heavy atom. The van der Waals surface area contributed by atoms with Gasteiger partial charge in [0.2, 0.25) is 0 Å². The smallest absolute Gasteiger partial charge is 0.0759 e. The summed E-state index contributed by atoms with van der Waals surface area (Å²) in [5.74, 6) is 1.26. The molecule has 0 aromatic rings. The van der Waals surface area contributed by atoms with E-state index in [2.05, 4.69) is 46.9 Å². The van der Waals surface area contributed by atoms with Gasteiger partial charge in [0.15, 0.2) is 0 Å². The van der Waals surface area contributed by atoms with Crippen LogP contribution in [-0.2, 0) is 9.47 Å². The summed E-state index contributed by atoms with van der Waals surface area (Å²) >= 11 is 0. The lowest BCUT2D eigenvalue weighted by Crippen LogP contribution is -2.52. The van der Waals surface area contributed by atoms with Gasteiger partial charge in [-0.3, -0.25) is 0 Å². The van der Waals surface area contributed by atoms with Crippen molar-refractivity contribution in [2.75, 3.05) is 13.2 Å². The maximum Gasteiger partial charge on any atom is 0.0759 e. The minimum absolute atomic E-state index is 0.0272. The predicted molar refractivity (Wildman–Crippen MR) is 87.6 cm³/mol. The highest BCUT2D eigenvalue weighted by Gasteiger charge is 2.52. The Morgan fingerprint density at radius 3 is 2.29 bits per heavy atom. The van der Waals surface area contributed by atoms with E-state index in [1.807, 2.05) is 0 Å². The molecular weight excluding hydrogens is 262 g/mol. The molecule has 1 aliphatic carbocycles. The van der Waals surface area contributed by atoms with Gasteiger partial charge in [-0.1, -0.05) is 6.92 Å². The van der Waals surface area contributed by atoms with Crippen molar-refractivity contribution in [3.05, 3.63) is 0 Å². The average Bonchev–Trinajstić information content (AvgIpc) is 3.15. The normalized spacial score (nSPS) is 30.3. The molecule has 3 atom stereocenters. The van der Waals surface area contributed by atoms with Crippen LogP contribution in [0.3, 0.4) is 0 Å². The summed E-state index contributed by atoms with van der Waals surface area (Å²) in [6.45, 7) is 15.2. The van der Waals surface area contributed by atoms with Gasteiger partial charge in [0, 0.05) is 18.6 Å². The molecule has 3 unspecified atom stereocenters. The second-order valence-corrected chi connectivity index (χ2v) is 8.01. The van der Waals surface area contributed by atoms with Gasteiger partial charge < -0.3 is 14.8 Å². The molecule has 2 rings (SSSR count). The average molecular weight is 297 g/mol. The Bertz CT molecular complexity index is 336. The molecule has 1 N–H and O–H groups in total. The van der Waals surface area contributed by atoms with Gasteiger partial charge in [0.25, 0.3) is 0 Å². The monoisotopic (exact) mass is 297 g/mol. The van der Waals surface area contributed by atoms with Crippen LogP contribution in [0.1, 0.15) is 67.2 Å². The maximum atomic E-state index is 6.34. The van der Waals surface area contributed by atoms with E-state index in [9.17, 15) is 0 Å². The lowest BCUT2D eigenvalue weighted by Gasteiger charge is -2.38. The van der Waals surface area contributed by atoms with E-state index in [-0.39, 0.29) is 11.2 Å². The van der Waals surface area contributed by atoms with Gasteiger partial charge >= 0.3 is 0 Å². The van der Waals surface area contributed by atoms with Crippen molar-refractivity contribution in [2.45, 2.75) is 90.6 Å². The molecule has 3 heteroatoms. The first-order valence-corrected chi connectivity index (χ1v) is 8.86. The van der Waals surface area contributed by atoms with E-state index in [0.717, 1.165) is 31.9 Å². The van der Waals surface area contributed by atoms with E-state index in [4.69, 9.17) is 9.47 Å². The summed E-state index contributed by atoms with van der Waals surface area (Å²) in [5, 5.41) is 3.81. The van der Waals surface area contributed by atoms with Gasteiger partial charge in [0.1, 0.15) is 0 Å². The minimum atomic E-state index is -0.0842. The molecule has 2 aliphatic rings. The number of nitrogens with one attached hydrogen (secondary N) is 1. The Labute approximate surface area is 131 Å². The van der Waals surface area contributed by atoms with Crippen LogP contribution >= 0.6 is 0 Å². The standard InChI is InChI=1S/C18H35NO2/c1-7-11-19-15(16(20-8-2)13-9-10-13)14-12-17(3,4)21-18(14,5)6/h13-16,19H,7-12H2,1-6H3. The molecule has 0 spiro atoms. The Hall–Kier alpha value is -0.120. The van der Waals surface area contributed by atoms with Crippen LogP contribution in [0.4, 0.5) is 0 Å². The first-order chi connectivity index (χ1) is 9.80. The molecule has 2 fully saturated rings. The highest BCUT2D eigenvalue weighted by atomic mass is 16.5. The number of ether oxygens (including phenoxy) is 2. The molecule has 0 aromatic heterocycles. The number of hydrogen-bond acceptors (Lipinski definition) is 3. The van der Waals surface area contributed by atoms with Crippen molar-refractivity contribution in [1.29, 1.82) is 0 Å². The van der Waals surface area contributed by atoms with E-state index in [1.165, 1.54) is 12.8 Å². The molecule has 124 valence electrons. The van der Waals surface area contributed by atoms with E-state index in [0.29, 0.717) is 18.1 Å². The van der Waals surface area contributed by atoms with Crippen molar-refractivity contribution < 1.29 is 9.47 Å². The van der Waals surface area contributed by atoms with Gasteiger partial charge in [-0.2, -0.15) is 0 Å². The zero-order valence-electron chi connectivity index (χ0n) is 14.9. The van der Waals surface area contributed by atoms with E-state index >= 15 is 0 Å². The lowest BCUT2D eigenvalue weighted by atomic mass is 9.78. The third kappa shape index (κ3) is 4.20. The molecule has 3 nitrogen and oxygen atoms in total. The SMILES string of the molecule is CCCNC(C(OCC)C1CC1)C1CC(C)(C)OC1(C)C. The molecule has 1 aliphatic heterocycles. The number of hydrogen-bond donors (Lipinski definition) is 1. The molecule has 1 heterocycles. The Kier molecular flexibility index (Phi) is 5.38.